The van der Waals surface area contributed by atoms with Gasteiger partial charge in [0.25, 0.3) is 0 Å². The van der Waals surface area contributed by atoms with Gasteiger partial charge in [0.1, 0.15) is 11.5 Å². The zero-order valence-corrected chi connectivity index (χ0v) is 12.9. The van der Waals surface area contributed by atoms with Crippen molar-refractivity contribution in [2.24, 2.45) is 5.92 Å². The van der Waals surface area contributed by atoms with Crippen molar-refractivity contribution in [2.75, 3.05) is 13.2 Å². The minimum atomic E-state index is 0.527. The van der Waals surface area contributed by atoms with Crippen molar-refractivity contribution in [3.63, 3.8) is 0 Å². The standard InChI is InChI=1S/C17H27NO2/c1-4-9-19-16-8-5-14(11-18-15-6-7-15)17(10-16)20-12-13(2)3/h5,8,10,13,15,18H,4,6-7,9,11-12H2,1-3H3. The first-order valence-corrected chi connectivity index (χ1v) is 7.81. The average molecular weight is 277 g/mol. The Hall–Kier alpha value is -1.22. The van der Waals surface area contributed by atoms with Crippen LogP contribution in [0.4, 0.5) is 0 Å². The normalized spacial score (nSPS) is 14.6. The molecule has 0 amide bonds. The van der Waals surface area contributed by atoms with Crippen LogP contribution in [-0.4, -0.2) is 19.3 Å². The molecule has 0 saturated heterocycles. The molecule has 0 spiro atoms. The van der Waals surface area contributed by atoms with Crippen LogP contribution >= 0.6 is 0 Å². The van der Waals surface area contributed by atoms with Crippen LogP contribution in [0.15, 0.2) is 18.2 Å². The molecule has 1 aromatic rings. The molecule has 20 heavy (non-hydrogen) atoms. The molecule has 1 saturated carbocycles. The Labute approximate surface area is 122 Å². The zero-order chi connectivity index (χ0) is 14.4. The van der Waals surface area contributed by atoms with Crippen LogP contribution in [0.25, 0.3) is 0 Å². The van der Waals surface area contributed by atoms with Crippen LogP contribution in [0.3, 0.4) is 0 Å². The highest BCUT2D eigenvalue weighted by atomic mass is 16.5. The van der Waals surface area contributed by atoms with E-state index in [4.69, 9.17) is 9.47 Å². The lowest BCUT2D eigenvalue weighted by molar-refractivity contribution is 0.264. The molecule has 1 N–H and O–H groups in total. The van der Waals surface area contributed by atoms with E-state index in [0.717, 1.165) is 37.7 Å². The third-order valence-electron chi connectivity index (χ3n) is 3.24. The molecule has 0 atom stereocenters. The fraction of sp³-hybridized carbons (Fsp3) is 0.647. The van der Waals surface area contributed by atoms with Gasteiger partial charge in [-0.15, -0.1) is 0 Å². The smallest absolute Gasteiger partial charge is 0.127 e. The maximum Gasteiger partial charge on any atom is 0.127 e. The Morgan fingerprint density at radius 2 is 2.05 bits per heavy atom. The summed E-state index contributed by atoms with van der Waals surface area (Å²) in [4.78, 5) is 0. The lowest BCUT2D eigenvalue weighted by Gasteiger charge is -2.15. The molecule has 1 fully saturated rings. The summed E-state index contributed by atoms with van der Waals surface area (Å²) in [6, 6.07) is 6.91. The van der Waals surface area contributed by atoms with Gasteiger partial charge >= 0.3 is 0 Å². The van der Waals surface area contributed by atoms with Crippen LogP contribution < -0.4 is 14.8 Å². The third kappa shape index (κ3) is 5.04. The first-order chi connectivity index (χ1) is 9.69. The number of rotatable bonds is 9. The minimum Gasteiger partial charge on any atom is -0.493 e. The molecule has 0 aromatic heterocycles. The van der Waals surface area contributed by atoms with Crippen molar-refractivity contribution in [1.29, 1.82) is 0 Å². The lowest BCUT2D eigenvalue weighted by Crippen LogP contribution is -2.16. The van der Waals surface area contributed by atoms with Crippen LogP contribution in [0.5, 0.6) is 11.5 Å². The molecule has 0 radical (unpaired) electrons. The molecular formula is C17H27NO2. The molecule has 0 bridgehead atoms. The third-order valence-corrected chi connectivity index (χ3v) is 3.24. The summed E-state index contributed by atoms with van der Waals surface area (Å²) in [6.07, 6.45) is 3.63. The van der Waals surface area contributed by atoms with Gasteiger partial charge in [-0.3, -0.25) is 0 Å². The Morgan fingerprint density at radius 3 is 2.70 bits per heavy atom. The first kappa shape index (κ1) is 15.2. The van der Waals surface area contributed by atoms with E-state index in [-0.39, 0.29) is 0 Å². The molecule has 0 heterocycles. The Balaban J connectivity index is 2.01. The maximum atomic E-state index is 5.95. The van der Waals surface area contributed by atoms with E-state index < -0.39 is 0 Å². The minimum absolute atomic E-state index is 0.527. The fourth-order valence-corrected chi connectivity index (χ4v) is 1.92. The summed E-state index contributed by atoms with van der Waals surface area (Å²) in [6.45, 7) is 8.83. The van der Waals surface area contributed by atoms with Gasteiger partial charge in [-0.25, -0.2) is 0 Å². The van der Waals surface area contributed by atoms with Gasteiger partial charge in [-0.1, -0.05) is 26.8 Å². The molecular weight excluding hydrogens is 250 g/mol. The van der Waals surface area contributed by atoms with Gasteiger partial charge in [0.05, 0.1) is 13.2 Å². The summed E-state index contributed by atoms with van der Waals surface area (Å²) in [5.74, 6) is 2.39. The lowest BCUT2D eigenvalue weighted by atomic mass is 10.1. The quantitative estimate of drug-likeness (QED) is 0.745. The Kier molecular flexibility index (Phi) is 5.72. The largest absolute Gasteiger partial charge is 0.493 e. The first-order valence-electron chi connectivity index (χ1n) is 7.81. The second-order valence-electron chi connectivity index (χ2n) is 5.98. The van der Waals surface area contributed by atoms with Crippen molar-refractivity contribution >= 4 is 0 Å². The zero-order valence-electron chi connectivity index (χ0n) is 12.9. The molecule has 112 valence electrons. The highest BCUT2D eigenvalue weighted by Crippen LogP contribution is 2.27. The molecule has 2 rings (SSSR count). The molecule has 0 aliphatic heterocycles. The van der Waals surface area contributed by atoms with Crippen LogP contribution in [0, 0.1) is 5.92 Å². The monoisotopic (exact) mass is 277 g/mol. The predicted molar refractivity (Wildman–Crippen MR) is 82.4 cm³/mol. The molecule has 1 aromatic carbocycles. The van der Waals surface area contributed by atoms with E-state index in [1.807, 2.05) is 12.1 Å². The highest BCUT2D eigenvalue weighted by Gasteiger charge is 2.20. The summed E-state index contributed by atoms with van der Waals surface area (Å²) in [7, 11) is 0. The van der Waals surface area contributed by atoms with Gasteiger partial charge in [0.2, 0.25) is 0 Å². The van der Waals surface area contributed by atoms with E-state index in [9.17, 15) is 0 Å². The Bertz CT molecular complexity index is 413. The van der Waals surface area contributed by atoms with E-state index in [2.05, 4.69) is 32.2 Å². The number of benzene rings is 1. The van der Waals surface area contributed by atoms with Gasteiger partial charge in [-0.2, -0.15) is 0 Å². The van der Waals surface area contributed by atoms with Gasteiger partial charge < -0.3 is 14.8 Å². The number of hydrogen-bond donors (Lipinski definition) is 1. The summed E-state index contributed by atoms with van der Waals surface area (Å²) >= 11 is 0. The molecule has 0 unspecified atom stereocenters. The summed E-state index contributed by atoms with van der Waals surface area (Å²) in [5, 5.41) is 3.54. The van der Waals surface area contributed by atoms with Crippen molar-refractivity contribution in [3.8, 4) is 11.5 Å². The Morgan fingerprint density at radius 1 is 1.25 bits per heavy atom. The molecule has 3 nitrogen and oxygen atoms in total. The summed E-state index contributed by atoms with van der Waals surface area (Å²) < 4.78 is 11.6. The van der Waals surface area contributed by atoms with E-state index in [0.29, 0.717) is 12.0 Å². The van der Waals surface area contributed by atoms with E-state index in [1.54, 1.807) is 0 Å². The van der Waals surface area contributed by atoms with Crippen molar-refractivity contribution in [3.05, 3.63) is 23.8 Å². The predicted octanol–water partition coefficient (Wildman–Crippen LogP) is 3.76. The van der Waals surface area contributed by atoms with E-state index >= 15 is 0 Å². The molecule has 1 aliphatic rings. The van der Waals surface area contributed by atoms with Gasteiger partial charge in [0, 0.05) is 24.2 Å². The maximum absolute atomic E-state index is 5.95. The van der Waals surface area contributed by atoms with Crippen molar-refractivity contribution < 1.29 is 9.47 Å². The molecule has 3 heteroatoms. The SMILES string of the molecule is CCCOc1ccc(CNC2CC2)c(OCC(C)C)c1. The van der Waals surface area contributed by atoms with Crippen molar-refractivity contribution in [2.45, 2.75) is 52.6 Å². The van der Waals surface area contributed by atoms with Crippen LogP contribution in [-0.2, 0) is 6.54 Å². The number of ether oxygens (including phenoxy) is 2. The highest BCUT2D eigenvalue weighted by molar-refractivity contribution is 5.40. The summed E-state index contributed by atoms with van der Waals surface area (Å²) in [5.41, 5.74) is 1.22. The number of nitrogens with one attached hydrogen (secondary N) is 1. The van der Waals surface area contributed by atoms with Crippen LogP contribution in [0.1, 0.15) is 45.6 Å². The number of hydrogen-bond acceptors (Lipinski definition) is 3. The van der Waals surface area contributed by atoms with Crippen molar-refractivity contribution in [1.82, 2.24) is 5.32 Å². The second kappa shape index (κ2) is 7.53. The fourth-order valence-electron chi connectivity index (χ4n) is 1.92. The van der Waals surface area contributed by atoms with Crippen LogP contribution in [0.2, 0.25) is 0 Å². The average Bonchev–Trinajstić information content (AvgIpc) is 3.25. The molecule has 1 aliphatic carbocycles. The van der Waals surface area contributed by atoms with Gasteiger partial charge in [-0.05, 0) is 31.2 Å². The van der Waals surface area contributed by atoms with Gasteiger partial charge in [0.15, 0.2) is 0 Å². The topological polar surface area (TPSA) is 30.5 Å². The van der Waals surface area contributed by atoms with E-state index in [1.165, 1.54) is 18.4 Å². The second-order valence-corrected chi connectivity index (χ2v) is 5.98.